The van der Waals surface area contributed by atoms with E-state index in [9.17, 15) is 9.59 Å². The van der Waals surface area contributed by atoms with Gasteiger partial charge in [-0.2, -0.15) is 5.10 Å². The number of hydrazone groups is 1. The fraction of sp³-hybridized carbons (Fsp3) is 0.0870. The summed E-state index contributed by atoms with van der Waals surface area (Å²) < 4.78 is 10.5. The van der Waals surface area contributed by atoms with Crippen molar-refractivity contribution in [1.82, 2.24) is 10.7 Å². The Labute approximate surface area is 194 Å². The Morgan fingerprint density at radius 1 is 1.03 bits per heavy atom. The predicted molar refractivity (Wildman–Crippen MR) is 126 cm³/mol. The van der Waals surface area contributed by atoms with Crippen LogP contribution in [0.1, 0.15) is 20.8 Å². The molecule has 2 aromatic carbocycles. The first-order valence-electron chi connectivity index (χ1n) is 9.38. The maximum atomic E-state index is 12.8. The second kappa shape index (κ2) is 11.1. The third kappa shape index (κ3) is 5.96. The molecule has 1 aromatic heterocycles. The second-order valence-electron chi connectivity index (χ2n) is 6.32. The van der Waals surface area contributed by atoms with E-state index in [4.69, 9.17) is 21.1 Å². The van der Waals surface area contributed by atoms with E-state index >= 15 is 0 Å². The highest BCUT2D eigenvalue weighted by molar-refractivity contribution is 7.10. The molecule has 32 heavy (non-hydrogen) atoms. The summed E-state index contributed by atoms with van der Waals surface area (Å²) in [7, 11) is 3.08. The molecule has 164 valence electrons. The lowest BCUT2D eigenvalue weighted by Gasteiger charge is -2.10. The number of amides is 2. The minimum Gasteiger partial charge on any atom is -0.493 e. The molecule has 2 N–H and O–H groups in total. The summed E-state index contributed by atoms with van der Waals surface area (Å²) in [6.07, 6.45) is 3.03. The number of benzene rings is 2. The molecule has 2 amide bonds. The molecule has 3 rings (SSSR count). The van der Waals surface area contributed by atoms with Crippen molar-refractivity contribution in [1.29, 1.82) is 0 Å². The second-order valence-corrected chi connectivity index (χ2v) is 7.71. The highest BCUT2D eigenvalue weighted by Gasteiger charge is 2.16. The van der Waals surface area contributed by atoms with E-state index in [0.29, 0.717) is 17.1 Å². The van der Waals surface area contributed by atoms with Crippen LogP contribution in [0.5, 0.6) is 11.5 Å². The number of carbonyl (C=O) groups is 2. The van der Waals surface area contributed by atoms with Crippen molar-refractivity contribution in [3.8, 4) is 11.5 Å². The van der Waals surface area contributed by atoms with E-state index in [1.807, 2.05) is 17.5 Å². The SMILES string of the molecule is COc1ccc(C=NNC(=O)/C(=C/c2cccs2)NC(=O)c2ccccc2Cl)cc1OC. The van der Waals surface area contributed by atoms with Crippen LogP contribution in [0.25, 0.3) is 6.08 Å². The van der Waals surface area contributed by atoms with Crippen LogP contribution in [0.15, 0.2) is 70.8 Å². The number of nitrogens with one attached hydrogen (secondary N) is 2. The van der Waals surface area contributed by atoms with Gasteiger partial charge in [0.25, 0.3) is 11.8 Å². The maximum Gasteiger partial charge on any atom is 0.287 e. The summed E-state index contributed by atoms with van der Waals surface area (Å²) in [5, 5.41) is 8.75. The normalized spacial score (nSPS) is 11.3. The highest BCUT2D eigenvalue weighted by Crippen LogP contribution is 2.26. The number of ether oxygens (including phenoxy) is 2. The Morgan fingerprint density at radius 3 is 2.50 bits per heavy atom. The van der Waals surface area contributed by atoms with Gasteiger partial charge in [0.05, 0.1) is 31.0 Å². The van der Waals surface area contributed by atoms with Gasteiger partial charge in [0.1, 0.15) is 5.70 Å². The van der Waals surface area contributed by atoms with Crippen LogP contribution in [-0.2, 0) is 4.79 Å². The largest absolute Gasteiger partial charge is 0.493 e. The fourth-order valence-electron chi connectivity index (χ4n) is 2.67. The molecule has 0 fully saturated rings. The summed E-state index contributed by atoms with van der Waals surface area (Å²) in [5.41, 5.74) is 3.40. The van der Waals surface area contributed by atoms with E-state index in [2.05, 4.69) is 15.8 Å². The predicted octanol–water partition coefficient (Wildman–Crippen LogP) is 4.34. The first-order chi connectivity index (χ1) is 15.5. The lowest BCUT2D eigenvalue weighted by Crippen LogP contribution is -2.32. The van der Waals surface area contributed by atoms with Crippen LogP contribution < -0.4 is 20.2 Å². The molecule has 0 bridgehead atoms. The lowest BCUT2D eigenvalue weighted by atomic mass is 10.2. The van der Waals surface area contributed by atoms with Crippen LogP contribution >= 0.6 is 22.9 Å². The van der Waals surface area contributed by atoms with Gasteiger partial charge in [-0.25, -0.2) is 5.43 Å². The topological polar surface area (TPSA) is 89.0 Å². The van der Waals surface area contributed by atoms with Crippen LogP contribution in [0, 0.1) is 0 Å². The summed E-state index contributed by atoms with van der Waals surface area (Å²) in [6.45, 7) is 0. The molecule has 3 aromatic rings. The Bertz CT molecular complexity index is 1160. The van der Waals surface area contributed by atoms with Gasteiger partial charge >= 0.3 is 0 Å². The molecule has 7 nitrogen and oxygen atoms in total. The molecule has 0 aliphatic rings. The number of rotatable bonds is 8. The number of thiophene rings is 1. The zero-order chi connectivity index (χ0) is 22.9. The Kier molecular flexibility index (Phi) is 8.02. The Hall–Kier alpha value is -3.62. The number of methoxy groups -OCH3 is 2. The molecule has 0 aliphatic carbocycles. The van der Waals surface area contributed by atoms with Gasteiger partial charge in [0.2, 0.25) is 0 Å². The molecule has 0 atom stereocenters. The zero-order valence-electron chi connectivity index (χ0n) is 17.3. The molecule has 9 heteroatoms. The molecule has 0 unspecified atom stereocenters. The van der Waals surface area contributed by atoms with E-state index in [1.165, 1.54) is 24.7 Å². The molecule has 0 spiro atoms. The Balaban J connectivity index is 1.77. The first-order valence-corrected chi connectivity index (χ1v) is 10.6. The third-order valence-corrected chi connectivity index (χ3v) is 5.38. The van der Waals surface area contributed by atoms with Crippen molar-refractivity contribution in [2.24, 2.45) is 5.10 Å². The molecule has 0 saturated heterocycles. The van der Waals surface area contributed by atoms with E-state index in [1.54, 1.807) is 55.7 Å². The quantitative estimate of drug-likeness (QED) is 0.292. The smallest absolute Gasteiger partial charge is 0.287 e. The fourth-order valence-corrected chi connectivity index (χ4v) is 3.55. The third-order valence-electron chi connectivity index (χ3n) is 4.23. The van der Waals surface area contributed by atoms with Crippen LogP contribution in [0.2, 0.25) is 5.02 Å². The van der Waals surface area contributed by atoms with Crippen molar-refractivity contribution < 1.29 is 19.1 Å². The minimum absolute atomic E-state index is 0.0295. The van der Waals surface area contributed by atoms with Gasteiger partial charge < -0.3 is 14.8 Å². The molecular weight excluding hydrogens is 450 g/mol. The van der Waals surface area contributed by atoms with Gasteiger partial charge in [-0.3, -0.25) is 9.59 Å². The van der Waals surface area contributed by atoms with E-state index in [0.717, 1.165) is 4.88 Å². The Morgan fingerprint density at radius 2 is 1.81 bits per heavy atom. The lowest BCUT2D eigenvalue weighted by molar-refractivity contribution is -0.117. The summed E-state index contributed by atoms with van der Waals surface area (Å²) >= 11 is 7.53. The van der Waals surface area contributed by atoms with Crippen molar-refractivity contribution in [2.45, 2.75) is 0 Å². The van der Waals surface area contributed by atoms with Gasteiger partial charge in [0.15, 0.2) is 11.5 Å². The number of carbonyl (C=O) groups excluding carboxylic acids is 2. The average Bonchev–Trinajstić information content (AvgIpc) is 3.31. The number of halogens is 1. The molecule has 0 aliphatic heterocycles. The standard InChI is InChI=1S/C23H20ClN3O4S/c1-30-20-10-9-15(12-21(20)31-2)14-25-27-23(29)19(13-16-6-5-11-32-16)26-22(28)17-7-3-4-8-18(17)24/h3-14H,1-2H3,(H,26,28)(H,27,29)/b19-13-,25-14?. The van der Waals surface area contributed by atoms with Crippen molar-refractivity contribution in [3.05, 3.63) is 86.7 Å². The van der Waals surface area contributed by atoms with Crippen LogP contribution in [0.3, 0.4) is 0 Å². The summed E-state index contributed by atoms with van der Waals surface area (Å²) in [5.74, 6) is 0.0261. The summed E-state index contributed by atoms with van der Waals surface area (Å²) in [4.78, 5) is 26.2. The molecular formula is C23H20ClN3O4S. The van der Waals surface area contributed by atoms with Gasteiger partial charge in [-0.1, -0.05) is 29.8 Å². The monoisotopic (exact) mass is 469 g/mol. The average molecular weight is 470 g/mol. The van der Waals surface area contributed by atoms with Crippen LogP contribution in [-0.4, -0.2) is 32.2 Å². The number of hydrogen-bond donors (Lipinski definition) is 2. The van der Waals surface area contributed by atoms with Crippen molar-refractivity contribution >= 4 is 47.0 Å². The van der Waals surface area contributed by atoms with Crippen molar-refractivity contribution in [3.63, 3.8) is 0 Å². The van der Waals surface area contributed by atoms with Gasteiger partial charge in [0, 0.05) is 4.88 Å². The van der Waals surface area contributed by atoms with Crippen LogP contribution in [0.4, 0.5) is 0 Å². The van der Waals surface area contributed by atoms with E-state index in [-0.39, 0.29) is 16.3 Å². The summed E-state index contributed by atoms with van der Waals surface area (Å²) in [6, 6.07) is 15.5. The minimum atomic E-state index is -0.587. The molecule has 0 saturated carbocycles. The van der Waals surface area contributed by atoms with Gasteiger partial charge in [-0.15, -0.1) is 11.3 Å². The molecule has 0 radical (unpaired) electrons. The molecule has 1 heterocycles. The van der Waals surface area contributed by atoms with Crippen molar-refractivity contribution in [2.75, 3.05) is 14.2 Å². The zero-order valence-corrected chi connectivity index (χ0v) is 18.9. The highest BCUT2D eigenvalue weighted by atomic mass is 35.5. The number of nitrogens with zero attached hydrogens (tertiary/aromatic N) is 1. The first kappa shape index (κ1) is 23.1. The maximum absolute atomic E-state index is 12.8. The number of hydrogen-bond acceptors (Lipinski definition) is 6. The van der Waals surface area contributed by atoms with Gasteiger partial charge in [-0.05, 0) is 53.4 Å². The van der Waals surface area contributed by atoms with E-state index < -0.39 is 11.8 Å².